The van der Waals surface area contributed by atoms with E-state index >= 15 is 0 Å². The van der Waals surface area contributed by atoms with Crippen LogP contribution in [-0.4, -0.2) is 29.5 Å². The lowest BCUT2D eigenvalue weighted by Gasteiger charge is -2.23. The lowest BCUT2D eigenvalue weighted by molar-refractivity contribution is -0.404. The second-order valence-corrected chi connectivity index (χ2v) is 4.55. The van der Waals surface area contributed by atoms with Crippen molar-refractivity contribution in [2.75, 3.05) is 19.6 Å². The number of nitrogens with zero attached hydrogens (tertiary/aromatic N) is 2. The highest BCUT2D eigenvalue weighted by Crippen LogP contribution is 2.21. The average Bonchev–Trinajstić information content (AvgIpc) is 2.68. The Kier molecular flexibility index (Phi) is 3.68. The molecule has 2 aliphatic rings. The predicted octanol–water partition coefficient (Wildman–Crippen LogP) is 1.67. The van der Waals surface area contributed by atoms with Crippen LogP contribution >= 0.6 is 11.6 Å². The van der Waals surface area contributed by atoms with Gasteiger partial charge in [0.15, 0.2) is 5.82 Å². The molecule has 1 atom stereocenters. The monoisotopic (exact) mass is 255 g/mol. The molecule has 5 nitrogen and oxygen atoms in total. The topological polar surface area (TPSA) is 58.4 Å². The Bertz CT molecular complexity index is 404. The van der Waals surface area contributed by atoms with Gasteiger partial charge in [0, 0.05) is 24.7 Å². The summed E-state index contributed by atoms with van der Waals surface area (Å²) in [5.74, 6) is 0.969. The minimum absolute atomic E-state index is 0.368. The molecule has 0 saturated carbocycles. The fraction of sp³-hybridized carbons (Fsp3) is 0.455. The summed E-state index contributed by atoms with van der Waals surface area (Å²) in [6, 6.07) is 0. The quantitative estimate of drug-likeness (QED) is 0.616. The highest BCUT2D eigenvalue weighted by atomic mass is 35.5. The molecule has 6 heteroatoms. The lowest BCUT2D eigenvalue weighted by Crippen LogP contribution is -2.27. The zero-order valence-corrected chi connectivity index (χ0v) is 10.1. The summed E-state index contributed by atoms with van der Waals surface area (Å²) in [6.45, 7) is 2.35. The molecule has 17 heavy (non-hydrogen) atoms. The van der Waals surface area contributed by atoms with Crippen molar-refractivity contribution in [3.05, 3.63) is 45.4 Å². The first-order valence-corrected chi connectivity index (χ1v) is 5.91. The molecule has 1 saturated heterocycles. The predicted molar refractivity (Wildman–Crippen MR) is 65.8 cm³/mol. The smallest absolute Gasteiger partial charge is 0.274 e. The van der Waals surface area contributed by atoms with Gasteiger partial charge < -0.3 is 10.2 Å². The first-order valence-electron chi connectivity index (χ1n) is 5.53. The average molecular weight is 256 g/mol. The molecule has 0 aromatic carbocycles. The van der Waals surface area contributed by atoms with E-state index in [1.165, 1.54) is 0 Å². The number of nitrogens with one attached hydrogen (secondary N) is 1. The summed E-state index contributed by atoms with van der Waals surface area (Å²) in [5, 5.41) is 14.2. The normalized spacial score (nSPS) is 25.9. The van der Waals surface area contributed by atoms with Crippen molar-refractivity contribution in [1.29, 1.82) is 0 Å². The molecule has 0 radical (unpaired) electrons. The molecule has 1 N–H and O–H groups in total. The van der Waals surface area contributed by atoms with Gasteiger partial charge in [-0.3, -0.25) is 10.1 Å². The molecule has 1 unspecified atom stereocenters. The minimum Gasteiger partial charge on any atom is -0.365 e. The number of rotatable bonds is 3. The van der Waals surface area contributed by atoms with Gasteiger partial charge in [0.05, 0.1) is 4.92 Å². The zero-order valence-electron chi connectivity index (χ0n) is 9.30. The minimum atomic E-state index is -0.422. The third-order valence-electron chi connectivity index (χ3n) is 2.85. The maximum Gasteiger partial charge on any atom is 0.274 e. The third-order valence-corrected chi connectivity index (χ3v) is 3.13. The van der Waals surface area contributed by atoms with Crippen LogP contribution in [0.5, 0.6) is 0 Å². The van der Waals surface area contributed by atoms with Crippen LogP contribution in [0.1, 0.15) is 6.42 Å². The van der Waals surface area contributed by atoms with Gasteiger partial charge in [-0.15, -0.1) is 0 Å². The zero-order chi connectivity index (χ0) is 12.3. The Hall–Kier alpha value is -1.49. The van der Waals surface area contributed by atoms with E-state index in [-0.39, 0.29) is 0 Å². The maximum atomic E-state index is 10.5. The van der Waals surface area contributed by atoms with Crippen LogP contribution in [0.4, 0.5) is 0 Å². The summed E-state index contributed by atoms with van der Waals surface area (Å²) < 4.78 is 0. The van der Waals surface area contributed by atoms with Crippen LogP contribution < -0.4 is 5.32 Å². The Balaban J connectivity index is 1.95. The molecular formula is C11H14ClN3O2. The standard InChI is InChI=1S/C11H14ClN3O2/c12-10-3-1-9(2-4-10)7-14-6-5-13-11(14)8-15(16)17/h1,3-4,8-9,13H,2,5-7H2/b11-8+. The molecule has 92 valence electrons. The number of hydrogen-bond acceptors (Lipinski definition) is 4. The summed E-state index contributed by atoms with van der Waals surface area (Å²) in [7, 11) is 0. The molecule has 2 rings (SSSR count). The van der Waals surface area contributed by atoms with E-state index in [1.54, 1.807) is 0 Å². The van der Waals surface area contributed by atoms with E-state index < -0.39 is 4.92 Å². The van der Waals surface area contributed by atoms with Gasteiger partial charge in [-0.2, -0.15) is 0 Å². The van der Waals surface area contributed by atoms with Crippen LogP contribution in [0.3, 0.4) is 0 Å². The van der Waals surface area contributed by atoms with Gasteiger partial charge in [-0.05, 0) is 18.4 Å². The first kappa shape index (κ1) is 12.0. The molecule has 1 fully saturated rings. The molecule has 1 aliphatic heterocycles. The van der Waals surface area contributed by atoms with Crippen molar-refractivity contribution in [3.63, 3.8) is 0 Å². The van der Waals surface area contributed by atoms with E-state index in [1.807, 2.05) is 17.1 Å². The highest BCUT2D eigenvalue weighted by molar-refractivity contribution is 6.31. The molecular weight excluding hydrogens is 242 g/mol. The lowest BCUT2D eigenvalue weighted by atomic mass is 10.0. The number of halogens is 1. The number of allylic oxidation sites excluding steroid dienone is 3. The maximum absolute atomic E-state index is 10.5. The van der Waals surface area contributed by atoms with E-state index in [2.05, 4.69) is 11.4 Å². The van der Waals surface area contributed by atoms with Gasteiger partial charge in [0.25, 0.3) is 6.20 Å². The van der Waals surface area contributed by atoms with Gasteiger partial charge in [0.2, 0.25) is 0 Å². The molecule has 0 amide bonds. The Morgan fingerprint density at radius 2 is 2.53 bits per heavy atom. The van der Waals surface area contributed by atoms with Gasteiger partial charge in [-0.1, -0.05) is 23.8 Å². The summed E-state index contributed by atoms with van der Waals surface area (Å²) >= 11 is 5.84. The molecule has 0 aromatic heterocycles. The van der Waals surface area contributed by atoms with Crippen molar-refractivity contribution in [3.8, 4) is 0 Å². The van der Waals surface area contributed by atoms with Crippen LogP contribution in [0.15, 0.2) is 35.3 Å². The van der Waals surface area contributed by atoms with Gasteiger partial charge in [0.1, 0.15) is 0 Å². The van der Waals surface area contributed by atoms with Crippen molar-refractivity contribution in [2.45, 2.75) is 6.42 Å². The largest absolute Gasteiger partial charge is 0.365 e. The van der Waals surface area contributed by atoms with Gasteiger partial charge in [-0.25, -0.2) is 0 Å². The van der Waals surface area contributed by atoms with Crippen molar-refractivity contribution < 1.29 is 4.92 Å². The molecule has 0 bridgehead atoms. The van der Waals surface area contributed by atoms with E-state index in [9.17, 15) is 10.1 Å². The first-order chi connectivity index (χ1) is 8.15. The van der Waals surface area contributed by atoms with Crippen LogP contribution in [0.25, 0.3) is 0 Å². The summed E-state index contributed by atoms with van der Waals surface area (Å²) in [5.41, 5.74) is 0. The molecule has 1 aliphatic carbocycles. The second-order valence-electron chi connectivity index (χ2n) is 4.12. The van der Waals surface area contributed by atoms with E-state index in [0.29, 0.717) is 11.7 Å². The fourth-order valence-electron chi connectivity index (χ4n) is 2.03. The summed E-state index contributed by atoms with van der Waals surface area (Å²) in [4.78, 5) is 12.0. The van der Waals surface area contributed by atoms with Crippen molar-refractivity contribution in [2.24, 2.45) is 5.92 Å². The van der Waals surface area contributed by atoms with Gasteiger partial charge >= 0.3 is 0 Å². The highest BCUT2D eigenvalue weighted by Gasteiger charge is 2.22. The van der Waals surface area contributed by atoms with E-state index in [4.69, 9.17) is 11.6 Å². The Labute approximate surface area is 105 Å². The van der Waals surface area contributed by atoms with Crippen molar-refractivity contribution >= 4 is 11.6 Å². The SMILES string of the molecule is O=[N+]([O-])/C=C1\NCCN1CC1C=CC(Cl)=CC1. The fourth-order valence-corrected chi connectivity index (χ4v) is 2.19. The Morgan fingerprint density at radius 1 is 1.71 bits per heavy atom. The molecule has 0 aromatic rings. The van der Waals surface area contributed by atoms with Crippen LogP contribution in [-0.2, 0) is 0 Å². The van der Waals surface area contributed by atoms with Crippen molar-refractivity contribution in [1.82, 2.24) is 10.2 Å². The third kappa shape index (κ3) is 3.23. The van der Waals surface area contributed by atoms with Crippen LogP contribution in [0.2, 0.25) is 0 Å². The number of hydrogen-bond donors (Lipinski definition) is 1. The Morgan fingerprint density at radius 3 is 3.18 bits per heavy atom. The molecule has 0 spiro atoms. The number of nitro groups is 1. The summed E-state index contributed by atoms with van der Waals surface area (Å²) in [6.07, 6.45) is 7.84. The van der Waals surface area contributed by atoms with Crippen LogP contribution in [0, 0.1) is 16.0 Å². The second kappa shape index (κ2) is 5.23. The van der Waals surface area contributed by atoms with E-state index in [0.717, 1.165) is 37.3 Å². The molecule has 1 heterocycles.